The normalized spacial score (nSPS) is 10.1. The average molecular weight is 383 g/mol. The number of methoxy groups -OCH3 is 1. The van der Waals surface area contributed by atoms with E-state index in [1.165, 1.54) is 18.7 Å². The molecule has 2 aromatic carbocycles. The number of nitrogens with zero attached hydrogens (tertiary/aromatic N) is 1. The maximum Gasteiger partial charge on any atom is 0.223 e. The van der Waals surface area contributed by atoms with Crippen LogP contribution in [0.25, 0.3) is 0 Å². The van der Waals surface area contributed by atoms with Gasteiger partial charge < -0.3 is 20.3 Å². The van der Waals surface area contributed by atoms with Gasteiger partial charge in [-0.15, -0.1) is 0 Å². The number of hydrogen-bond donors (Lipinski definition) is 2. The van der Waals surface area contributed by atoms with E-state index in [4.69, 9.17) is 4.74 Å². The zero-order chi connectivity index (χ0) is 20.5. The van der Waals surface area contributed by atoms with Gasteiger partial charge in [-0.05, 0) is 24.3 Å². The Balaban J connectivity index is 1.96. The van der Waals surface area contributed by atoms with E-state index >= 15 is 0 Å². The number of ether oxygens (including phenoxy) is 1. The molecule has 0 aliphatic carbocycles. The maximum absolute atomic E-state index is 12.2. The van der Waals surface area contributed by atoms with Crippen LogP contribution in [0.1, 0.15) is 25.8 Å². The molecule has 148 valence electrons. The molecule has 0 heterocycles. The van der Waals surface area contributed by atoms with Gasteiger partial charge >= 0.3 is 0 Å². The fraction of sp³-hybridized carbons (Fsp3) is 0.286. The van der Waals surface area contributed by atoms with E-state index in [0.29, 0.717) is 23.7 Å². The third kappa shape index (κ3) is 6.12. The lowest BCUT2D eigenvalue weighted by Crippen LogP contribution is -2.33. The number of nitrogens with one attached hydrogen (secondary N) is 2. The zero-order valence-corrected chi connectivity index (χ0v) is 16.3. The first-order chi connectivity index (χ1) is 13.4. The fourth-order valence-corrected chi connectivity index (χ4v) is 2.77. The lowest BCUT2D eigenvalue weighted by Gasteiger charge is -2.21. The van der Waals surface area contributed by atoms with Gasteiger partial charge in [0.15, 0.2) is 0 Å². The van der Waals surface area contributed by atoms with Crippen molar-refractivity contribution in [1.29, 1.82) is 0 Å². The molecule has 0 saturated heterocycles. The van der Waals surface area contributed by atoms with Crippen molar-refractivity contribution in [2.75, 3.05) is 23.9 Å². The Hall–Kier alpha value is -3.35. The van der Waals surface area contributed by atoms with Crippen molar-refractivity contribution in [2.45, 2.75) is 26.8 Å². The van der Waals surface area contributed by atoms with Crippen molar-refractivity contribution in [2.24, 2.45) is 0 Å². The Morgan fingerprint density at radius 1 is 1.04 bits per heavy atom. The highest BCUT2D eigenvalue weighted by Gasteiger charge is 2.14. The van der Waals surface area contributed by atoms with Crippen LogP contribution in [0.5, 0.6) is 5.75 Å². The molecular formula is C21H25N3O4. The van der Waals surface area contributed by atoms with Crippen molar-refractivity contribution in [3.8, 4) is 5.75 Å². The van der Waals surface area contributed by atoms with Gasteiger partial charge in [-0.25, -0.2) is 0 Å². The molecule has 0 radical (unpaired) electrons. The van der Waals surface area contributed by atoms with E-state index in [2.05, 4.69) is 10.6 Å². The Bertz CT molecular complexity index is 851. The van der Waals surface area contributed by atoms with Gasteiger partial charge in [-0.1, -0.05) is 24.3 Å². The lowest BCUT2D eigenvalue weighted by atomic mass is 10.2. The van der Waals surface area contributed by atoms with E-state index in [-0.39, 0.29) is 30.7 Å². The maximum atomic E-state index is 12.2. The molecule has 0 fully saturated rings. The monoisotopic (exact) mass is 383 g/mol. The number of carbonyl (C=O) groups excluding carboxylic acids is 3. The fourth-order valence-electron chi connectivity index (χ4n) is 2.77. The number of hydrogen-bond acceptors (Lipinski definition) is 4. The summed E-state index contributed by atoms with van der Waals surface area (Å²) in [5.74, 6) is 0.165. The molecule has 0 unspecified atom stereocenters. The second-order valence-electron chi connectivity index (χ2n) is 6.24. The van der Waals surface area contributed by atoms with Crippen molar-refractivity contribution in [3.63, 3.8) is 0 Å². The number of para-hydroxylation sites is 1. The molecule has 0 bridgehead atoms. The predicted octanol–water partition coefficient (Wildman–Crippen LogP) is 2.71. The highest BCUT2D eigenvalue weighted by Crippen LogP contribution is 2.20. The molecule has 2 N–H and O–H groups in total. The summed E-state index contributed by atoms with van der Waals surface area (Å²) in [5, 5.41) is 5.53. The number of amides is 3. The molecule has 0 aliphatic rings. The van der Waals surface area contributed by atoms with Gasteiger partial charge in [-0.3, -0.25) is 14.4 Å². The van der Waals surface area contributed by atoms with Crippen LogP contribution in [0.4, 0.5) is 11.4 Å². The molecule has 7 nitrogen and oxygen atoms in total. The summed E-state index contributed by atoms with van der Waals surface area (Å²) in [6.45, 7) is 3.44. The van der Waals surface area contributed by atoms with Gasteiger partial charge in [0.2, 0.25) is 17.7 Å². The minimum atomic E-state index is -0.192. The minimum absolute atomic E-state index is 0.152. The molecule has 3 amide bonds. The first-order valence-electron chi connectivity index (χ1n) is 8.95. The Labute approximate surface area is 164 Å². The Morgan fingerprint density at radius 3 is 2.46 bits per heavy atom. The molecule has 0 atom stereocenters. The summed E-state index contributed by atoms with van der Waals surface area (Å²) >= 11 is 0. The summed E-state index contributed by atoms with van der Waals surface area (Å²) in [7, 11) is 1.58. The van der Waals surface area contributed by atoms with E-state index in [9.17, 15) is 14.4 Å². The van der Waals surface area contributed by atoms with Crippen molar-refractivity contribution >= 4 is 29.1 Å². The minimum Gasteiger partial charge on any atom is -0.496 e. The zero-order valence-electron chi connectivity index (χ0n) is 16.3. The Morgan fingerprint density at radius 2 is 1.79 bits per heavy atom. The third-order valence-corrected chi connectivity index (χ3v) is 4.09. The van der Waals surface area contributed by atoms with E-state index in [1.54, 1.807) is 31.4 Å². The summed E-state index contributed by atoms with van der Waals surface area (Å²) < 4.78 is 5.27. The van der Waals surface area contributed by atoms with Crippen LogP contribution in [-0.2, 0) is 20.9 Å². The third-order valence-electron chi connectivity index (χ3n) is 4.09. The smallest absolute Gasteiger partial charge is 0.223 e. The van der Waals surface area contributed by atoms with Crippen molar-refractivity contribution < 1.29 is 19.1 Å². The van der Waals surface area contributed by atoms with Gasteiger partial charge in [0.05, 0.1) is 7.11 Å². The highest BCUT2D eigenvalue weighted by atomic mass is 16.5. The Kier molecular flexibility index (Phi) is 7.56. The standard InChI is InChI=1S/C21H25N3O4/c1-15(25)23-18-8-6-9-19(13-18)24(16(2)26)12-11-21(27)22-14-17-7-4-5-10-20(17)28-3/h4-10,13H,11-12,14H2,1-3H3,(H,22,27)(H,23,25). The molecule has 2 aromatic rings. The summed E-state index contributed by atoms with van der Waals surface area (Å²) in [6, 6.07) is 14.4. The van der Waals surface area contributed by atoms with E-state index in [0.717, 1.165) is 5.56 Å². The average Bonchev–Trinajstić information content (AvgIpc) is 2.66. The molecule has 28 heavy (non-hydrogen) atoms. The summed E-state index contributed by atoms with van der Waals surface area (Å²) in [6.07, 6.45) is 0.152. The molecule has 0 saturated carbocycles. The van der Waals surface area contributed by atoms with Crippen LogP contribution in [0.2, 0.25) is 0 Å². The second kappa shape index (κ2) is 10.1. The topological polar surface area (TPSA) is 87.7 Å². The number of carbonyl (C=O) groups is 3. The summed E-state index contributed by atoms with van der Waals surface area (Å²) in [5.41, 5.74) is 2.10. The number of anilines is 2. The van der Waals surface area contributed by atoms with Crippen LogP contribution >= 0.6 is 0 Å². The quantitative estimate of drug-likeness (QED) is 0.734. The van der Waals surface area contributed by atoms with Crippen LogP contribution in [0, 0.1) is 0 Å². The first kappa shape index (κ1) is 21.0. The van der Waals surface area contributed by atoms with Crippen molar-refractivity contribution in [3.05, 3.63) is 54.1 Å². The molecule has 7 heteroatoms. The second-order valence-corrected chi connectivity index (χ2v) is 6.24. The highest BCUT2D eigenvalue weighted by molar-refractivity contribution is 5.94. The SMILES string of the molecule is COc1ccccc1CNC(=O)CCN(C(C)=O)c1cccc(NC(C)=O)c1. The lowest BCUT2D eigenvalue weighted by molar-refractivity contribution is -0.121. The molecule has 0 aliphatic heterocycles. The molecule has 0 aromatic heterocycles. The van der Waals surface area contributed by atoms with Gasteiger partial charge in [-0.2, -0.15) is 0 Å². The number of benzene rings is 2. The summed E-state index contributed by atoms with van der Waals surface area (Å²) in [4.78, 5) is 37.0. The predicted molar refractivity (Wildman–Crippen MR) is 108 cm³/mol. The first-order valence-corrected chi connectivity index (χ1v) is 8.95. The van der Waals surface area contributed by atoms with Crippen LogP contribution in [0.3, 0.4) is 0 Å². The molecule has 0 spiro atoms. The van der Waals surface area contributed by atoms with Crippen LogP contribution in [-0.4, -0.2) is 31.4 Å². The molecular weight excluding hydrogens is 358 g/mol. The van der Waals surface area contributed by atoms with Gasteiger partial charge in [0.1, 0.15) is 5.75 Å². The largest absolute Gasteiger partial charge is 0.496 e. The molecule has 2 rings (SSSR count). The van der Waals surface area contributed by atoms with Gasteiger partial charge in [0, 0.05) is 50.3 Å². The van der Waals surface area contributed by atoms with E-state index < -0.39 is 0 Å². The van der Waals surface area contributed by atoms with Crippen LogP contribution < -0.4 is 20.3 Å². The van der Waals surface area contributed by atoms with Crippen molar-refractivity contribution in [1.82, 2.24) is 5.32 Å². The van der Waals surface area contributed by atoms with E-state index in [1.807, 2.05) is 24.3 Å². The van der Waals surface area contributed by atoms with Crippen LogP contribution in [0.15, 0.2) is 48.5 Å². The number of rotatable bonds is 8. The van der Waals surface area contributed by atoms with Gasteiger partial charge in [0.25, 0.3) is 0 Å².